The van der Waals surface area contributed by atoms with Crippen LogP contribution in [-0.2, 0) is 25.5 Å². The Balaban J connectivity index is 2.31. The summed E-state index contributed by atoms with van der Waals surface area (Å²) in [6.07, 6.45) is 3.69. The molecule has 2 amide bonds. The smallest absolute Gasteiger partial charge is 0.328 e. The maximum absolute atomic E-state index is 12.7. The highest BCUT2D eigenvalue weighted by Crippen LogP contribution is 2.25. The molecule has 2 rings (SSSR count). The third-order valence-corrected chi connectivity index (χ3v) is 5.06. The van der Waals surface area contributed by atoms with Crippen LogP contribution in [0.25, 0.3) is 0 Å². The van der Waals surface area contributed by atoms with E-state index in [1.165, 1.54) is 7.11 Å². The van der Waals surface area contributed by atoms with Gasteiger partial charge in [0.25, 0.3) is 0 Å². The first kappa shape index (κ1) is 22.6. The van der Waals surface area contributed by atoms with E-state index in [0.29, 0.717) is 12.0 Å². The van der Waals surface area contributed by atoms with Gasteiger partial charge in [-0.1, -0.05) is 18.9 Å². The first-order chi connectivity index (χ1) is 13.9. The van der Waals surface area contributed by atoms with Crippen molar-refractivity contribution in [2.45, 2.75) is 57.2 Å². The number of ether oxygens (including phenoxy) is 2. The highest BCUT2D eigenvalue weighted by atomic mass is 16.5. The van der Waals surface area contributed by atoms with Gasteiger partial charge < -0.3 is 20.1 Å². The number of carbonyl (C=O) groups excluding carboxylic acids is 3. The summed E-state index contributed by atoms with van der Waals surface area (Å²) in [4.78, 5) is 37.2. The zero-order valence-corrected chi connectivity index (χ0v) is 17.1. The van der Waals surface area contributed by atoms with E-state index in [-0.39, 0.29) is 0 Å². The zero-order valence-electron chi connectivity index (χ0n) is 17.1. The van der Waals surface area contributed by atoms with Gasteiger partial charge in [0.15, 0.2) is 0 Å². The van der Waals surface area contributed by atoms with E-state index in [2.05, 4.69) is 16.1 Å². The van der Waals surface area contributed by atoms with Crippen molar-refractivity contribution in [2.75, 3.05) is 14.2 Å². The first-order valence-electron chi connectivity index (χ1n) is 9.72. The predicted molar refractivity (Wildman–Crippen MR) is 107 cm³/mol. The van der Waals surface area contributed by atoms with Gasteiger partial charge in [-0.3, -0.25) is 15.4 Å². The SMILES string of the molecule is COC(=O)C1CCCCCc2cc(ccc2OC)C(NN)C(=O)NC(C)C(=O)N1. The minimum absolute atomic E-state index is 0.448. The van der Waals surface area contributed by atoms with Crippen LogP contribution >= 0.6 is 0 Å². The molecule has 0 aromatic heterocycles. The van der Waals surface area contributed by atoms with Crippen molar-refractivity contribution in [3.8, 4) is 5.75 Å². The van der Waals surface area contributed by atoms with Crippen molar-refractivity contribution in [1.29, 1.82) is 0 Å². The van der Waals surface area contributed by atoms with Crippen LogP contribution in [0.4, 0.5) is 0 Å². The molecule has 0 radical (unpaired) electrons. The number of fused-ring (bicyclic) bond motifs is 2. The molecule has 0 fully saturated rings. The van der Waals surface area contributed by atoms with Gasteiger partial charge in [-0.25, -0.2) is 10.2 Å². The van der Waals surface area contributed by atoms with Crippen LogP contribution in [-0.4, -0.2) is 44.1 Å². The molecule has 5 N–H and O–H groups in total. The maximum Gasteiger partial charge on any atom is 0.328 e. The van der Waals surface area contributed by atoms with E-state index in [4.69, 9.17) is 15.3 Å². The van der Waals surface area contributed by atoms with Crippen molar-refractivity contribution in [3.63, 3.8) is 0 Å². The van der Waals surface area contributed by atoms with Gasteiger partial charge in [-0.05, 0) is 49.4 Å². The standard InChI is InChI=1S/C20H30N4O5/c1-12-18(25)23-15(20(27)29-3)8-6-4-5-7-13-11-14(9-10-16(13)28-2)17(24-21)19(26)22-12/h9-12,15,17,24H,4-8,21H2,1-3H3,(H,22,26)(H,23,25). The van der Waals surface area contributed by atoms with Crippen molar-refractivity contribution in [1.82, 2.24) is 16.1 Å². The van der Waals surface area contributed by atoms with Gasteiger partial charge in [0.2, 0.25) is 11.8 Å². The van der Waals surface area contributed by atoms with Crippen molar-refractivity contribution < 1.29 is 23.9 Å². The number of hydrogen-bond donors (Lipinski definition) is 4. The number of hydrazine groups is 1. The van der Waals surface area contributed by atoms with Gasteiger partial charge in [-0.15, -0.1) is 0 Å². The summed E-state index contributed by atoms with van der Waals surface area (Å²) in [5.74, 6) is 4.95. The molecular weight excluding hydrogens is 376 g/mol. The molecule has 3 atom stereocenters. The number of nitrogens with one attached hydrogen (secondary N) is 3. The second-order valence-corrected chi connectivity index (χ2v) is 7.08. The number of nitrogens with two attached hydrogens (primary N) is 1. The Morgan fingerprint density at radius 1 is 1.14 bits per heavy atom. The summed E-state index contributed by atoms with van der Waals surface area (Å²) in [6, 6.07) is 3.03. The van der Waals surface area contributed by atoms with E-state index >= 15 is 0 Å². The summed E-state index contributed by atoms with van der Waals surface area (Å²) in [7, 11) is 2.89. The average molecular weight is 406 g/mol. The van der Waals surface area contributed by atoms with Crippen LogP contribution in [0, 0.1) is 0 Å². The molecule has 9 heteroatoms. The molecule has 0 spiro atoms. The van der Waals surface area contributed by atoms with Crippen LogP contribution in [0.3, 0.4) is 0 Å². The molecule has 0 saturated carbocycles. The Kier molecular flexibility index (Phi) is 8.41. The molecule has 1 aliphatic rings. The number of hydrogen-bond acceptors (Lipinski definition) is 7. The van der Waals surface area contributed by atoms with E-state index in [9.17, 15) is 14.4 Å². The molecule has 1 aliphatic heterocycles. The highest BCUT2D eigenvalue weighted by molar-refractivity contribution is 5.92. The normalized spacial score (nSPS) is 23.8. The lowest BCUT2D eigenvalue weighted by molar-refractivity contribution is -0.145. The van der Waals surface area contributed by atoms with Gasteiger partial charge >= 0.3 is 5.97 Å². The molecule has 1 heterocycles. The van der Waals surface area contributed by atoms with Gasteiger partial charge in [0, 0.05) is 0 Å². The summed E-state index contributed by atoms with van der Waals surface area (Å²) in [6.45, 7) is 1.55. The Labute approximate surface area is 170 Å². The fourth-order valence-electron chi connectivity index (χ4n) is 3.39. The van der Waals surface area contributed by atoms with Gasteiger partial charge in [0.05, 0.1) is 14.2 Å². The molecule has 0 saturated heterocycles. The topological polar surface area (TPSA) is 132 Å². The number of methoxy groups -OCH3 is 2. The Morgan fingerprint density at radius 3 is 2.55 bits per heavy atom. The Morgan fingerprint density at radius 2 is 1.90 bits per heavy atom. The second kappa shape index (κ2) is 10.8. The lowest BCUT2D eigenvalue weighted by atomic mass is 9.98. The molecule has 160 valence electrons. The lowest BCUT2D eigenvalue weighted by Crippen LogP contribution is -2.52. The van der Waals surface area contributed by atoms with Gasteiger partial charge in [0.1, 0.15) is 23.9 Å². The quantitative estimate of drug-likeness (QED) is 0.326. The van der Waals surface area contributed by atoms with Crippen LogP contribution in [0.5, 0.6) is 5.75 Å². The van der Waals surface area contributed by atoms with Crippen LogP contribution < -0.4 is 26.6 Å². The van der Waals surface area contributed by atoms with Crippen LogP contribution in [0.15, 0.2) is 18.2 Å². The Bertz CT molecular complexity index is 740. The minimum Gasteiger partial charge on any atom is -0.496 e. The number of benzene rings is 1. The number of amides is 2. The summed E-state index contributed by atoms with van der Waals surface area (Å²) in [5.41, 5.74) is 4.15. The molecule has 1 aromatic rings. The van der Waals surface area contributed by atoms with Crippen LogP contribution in [0.2, 0.25) is 0 Å². The molecule has 9 nitrogen and oxygen atoms in total. The minimum atomic E-state index is -0.853. The Hall–Kier alpha value is -2.65. The average Bonchev–Trinajstić information content (AvgIpc) is 2.72. The summed E-state index contributed by atoms with van der Waals surface area (Å²) >= 11 is 0. The fourth-order valence-corrected chi connectivity index (χ4v) is 3.39. The van der Waals surface area contributed by atoms with E-state index in [0.717, 1.165) is 37.0 Å². The molecule has 2 bridgehead atoms. The lowest BCUT2D eigenvalue weighted by Gasteiger charge is -2.22. The molecule has 0 aliphatic carbocycles. The van der Waals surface area contributed by atoms with E-state index < -0.39 is 35.9 Å². The molecule has 1 aromatic carbocycles. The summed E-state index contributed by atoms with van der Waals surface area (Å²) < 4.78 is 10.2. The summed E-state index contributed by atoms with van der Waals surface area (Å²) in [5, 5.41) is 5.30. The van der Waals surface area contributed by atoms with Crippen molar-refractivity contribution in [2.24, 2.45) is 5.84 Å². The number of esters is 1. The van der Waals surface area contributed by atoms with Crippen molar-refractivity contribution in [3.05, 3.63) is 29.3 Å². The van der Waals surface area contributed by atoms with Crippen LogP contribution in [0.1, 0.15) is 49.8 Å². The number of aryl methyl sites for hydroxylation is 1. The number of carbonyl (C=O) groups is 3. The third kappa shape index (κ3) is 5.91. The molecular formula is C20H30N4O5. The van der Waals surface area contributed by atoms with E-state index in [1.807, 2.05) is 12.1 Å². The maximum atomic E-state index is 12.7. The largest absolute Gasteiger partial charge is 0.496 e. The molecule has 3 unspecified atom stereocenters. The fraction of sp³-hybridized carbons (Fsp3) is 0.550. The van der Waals surface area contributed by atoms with Gasteiger partial charge in [-0.2, -0.15) is 0 Å². The first-order valence-corrected chi connectivity index (χ1v) is 9.72. The third-order valence-electron chi connectivity index (χ3n) is 5.06. The van der Waals surface area contributed by atoms with Crippen molar-refractivity contribution >= 4 is 17.8 Å². The second-order valence-electron chi connectivity index (χ2n) is 7.08. The van der Waals surface area contributed by atoms with E-state index in [1.54, 1.807) is 20.1 Å². The highest BCUT2D eigenvalue weighted by Gasteiger charge is 2.27. The molecule has 29 heavy (non-hydrogen) atoms. The monoisotopic (exact) mass is 406 g/mol. The number of rotatable bonds is 3. The predicted octanol–water partition coefficient (Wildman–Crippen LogP) is 0.479. The zero-order chi connectivity index (χ0) is 21.4.